The average Bonchev–Trinajstić information content (AvgIpc) is 3.05. The van der Waals surface area contributed by atoms with Crippen molar-refractivity contribution in [2.75, 3.05) is 32.6 Å². The third kappa shape index (κ3) is 6.34. The average molecular weight is 384 g/mol. The molecule has 1 amide bonds. The highest BCUT2D eigenvalue weighted by molar-refractivity contribution is 7.99. The van der Waals surface area contributed by atoms with E-state index in [1.54, 1.807) is 24.1 Å². The Labute approximate surface area is 156 Å². The molecule has 1 aromatic carbocycles. The summed E-state index contributed by atoms with van der Waals surface area (Å²) in [4.78, 5) is 14.2. The van der Waals surface area contributed by atoms with Crippen molar-refractivity contribution < 1.29 is 13.9 Å². The highest BCUT2D eigenvalue weighted by Gasteiger charge is 2.17. The topological polar surface area (TPSA) is 68.5 Å². The number of hydrogen-bond acceptors (Lipinski definition) is 6. The molecule has 0 fully saturated rings. The summed E-state index contributed by atoms with van der Waals surface area (Å²) in [6.45, 7) is 5.95. The zero-order chi connectivity index (χ0) is 18.2. The number of aromatic nitrogens is 2. The van der Waals surface area contributed by atoms with E-state index in [4.69, 9.17) is 20.8 Å². The van der Waals surface area contributed by atoms with Gasteiger partial charge in [0.25, 0.3) is 5.22 Å². The molecule has 136 valence electrons. The molecule has 0 saturated carbocycles. The van der Waals surface area contributed by atoms with Crippen LogP contribution in [0, 0.1) is 5.92 Å². The third-order valence-corrected chi connectivity index (χ3v) is 4.38. The number of thioether (sulfide) groups is 1. The summed E-state index contributed by atoms with van der Waals surface area (Å²) in [5.74, 6) is 1.08. The van der Waals surface area contributed by atoms with Crippen molar-refractivity contribution in [3.63, 3.8) is 0 Å². The van der Waals surface area contributed by atoms with Gasteiger partial charge in [0.1, 0.15) is 0 Å². The number of nitrogens with zero attached hydrogens (tertiary/aromatic N) is 3. The number of amides is 1. The molecule has 0 N–H and O–H groups in total. The predicted octanol–water partition coefficient (Wildman–Crippen LogP) is 3.61. The van der Waals surface area contributed by atoms with Crippen molar-refractivity contribution in [2.24, 2.45) is 5.92 Å². The molecule has 0 atom stereocenters. The first kappa shape index (κ1) is 19.8. The molecule has 0 saturated heterocycles. The Morgan fingerprint density at radius 3 is 2.68 bits per heavy atom. The van der Waals surface area contributed by atoms with Gasteiger partial charge in [0.05, 0.1) is 12.4 Å². The molecule has 1 aromatic heterocycles. The number of carbonyl (C=O) groups excluding carboxylic acids is 1. The zero-order valence-corrected chi connectivity index (χ0v) is 16.1. The van der Waals surface area contributed by atoms with Gasteiger partial charge in [0, 0.05) is 30.8 Å². The van der Waals surface area contributed by atoms with Gasteiger partial charge in [0.15, 0.2) is 0 Å². The van der Waals surface area contributed by atoms with Crippen LogP contribution in [0.1, 0.15) is 13.8 Å². The van der Waals surface area contributed by atoms with Crippen LogP contribution in [-0.4, -0.2) is 53.6 Å². The molecule has 2 rings (SSSR count). The van der Waals surface area contributed by atoms with E-state index >= 15 is 0 Å². The highest BCUT2D eigenvalue weighted by atomic mass is 35.5. The van der Waals surface area contributed by atoms with E-state index in [0.717, 1.165) is 5.56 Å². The third-order valence-electron chi connectivity index (χ3n) is 3.32. The summed E-state index contributed by atoms with van der Waals surface area (Å²) < 4.78 is 10.7. The molecule has 0 aliphatic rings. The minimum absolute atomic E-state index is 0.0296. The highest BCUT2D eigenvalue weighted by Crippen LogP contribution is 2.24. The van der Waals surface area contributed by atoms with Crippen molar-refractivity contribution in [1.29, 1.82) is 0 Å². The number of methoxy groups -OCH3 is 1. The lowest BCUT2D eigenvalue weighted by Crippen LogP contribution is -2.37. The monoisotopic (exact) mass is 383 g/mol. The fourth-order valence-electron chi connectivity index (χ4n) is 2.15. The molecule has 0 aliphatic carbocycles. The van der Waals surface area contributed by atoms with Gasteiger partial charge in [-0.25, -0.2) is 0 Å². The normalized spacial score (nSPS) is 11.1. The van der Waals surface area contributed by atoms with Crippen LogP contribution in [0.4, 0.5) is 0 Å². The maximum Gasteiger partial charge on any atom is 0.277 e. The molecule has 0 radical (unpaired) electrons. The number of benzene rings is 1. The lowest BCUT2D eigenvalue weighted by Gasteiger charge is -2.23. The van der Waals surface area contributed by atoms with E-state index < -0.39 is 0 Å². The van der Waals surface area contributed by atoms with E-state index in [0.29, 0.717) is 41.8 Å². The van der Waals surface area contributed by atoms with Gasteiger partial charge >= 0.3 is 0 Å². The van der Waals surface area contributed by atoms with E-state index in [-0.39, 0.29) is 11.7 Å². The lowest BCUT2D eigenvalue weighted by molar-refractivity contribution is -0.129. The van der Waals surface area contributed by atoms with Gasteiger partial charge in [-0.15, -0.1) is 10.2 Å². The fraction of sp³-hybridized carbons (Fsp3) is 0.471. The standard InChI is InChI=1S/C17H22ClN3O3S/c1-12(2)10-21(8-9-23-3)15(22)11-25-17-20-19-16(24-17)13-4-6-14(18)7-5-13/h4-7,12H,8-11H2,1-3H3. The quantitative estimate of drug-likeness (QED) is 0.616. The molecular formula is C17H22ClN3O3S. The van der Waals surface area contributed by atoms with Gasteiger partial charge in [-0.05, 0) is 30.2 Å². The molecule has 0 unspecified atom stereocenters. The molecule has 6 nitrogen and oxygen atoms in total. The second-order valence-electron chi connectivity index (χ2n) is 5.90. The number of ether oxygens (including phenoxy) is 1. The number of rotatable bonds is 9. The Bertz CT molecular complexity index is 676. The molecule has 8 heteroatoms. The summed E-state index contributed by atoms with van der Waals surface area (Å²) in [5, 5.41) is 9.01. The van der Waals surface area contributed by atoms with Gasteiger partial charge in [0.2, 0.25) is 11.8 Å². The van der Waals surface area contributed by atoms with Gasteiger partial charge in [-0.1, -0.05) is 37.2 Å². The summed E-state index contributed by atoms with van der Waals surface area (Å²) in [7, 11) is 1.63. The molecular weight excluding hydrogens is 362 g/mol. The van der Waals surface area contributed by atoms with E-state index in [1.807, 2.05) is 12.1 Å². The minimum atomic E-state index is 0.0296. The predicted molar refractivity (Wildman–Crippen MR) is 98.8 cm³/mol. The van der Waals surface area contributed by atoms with E-state index in [2.05, 4.69) is 24.0 Å². The van der Waals surface area contributed by atoms with E-state index in [9.17, 15) is 4.79 Å². The van der Waals surface area contributed by atoms with Crippen LogP contribution >= 0.6 is 23.4 Å². The van der Waals surface area contributed by atoms with Gasteiger partial charge < -0.3 is 14.1 Å². The minimum Gasteiger partial charge on any atom is -0.411 e. The SMILES string of the molecule is COCCN(CC(C)C)C(=O)CSc1nnc(-c2ccc(Cl)cc2)o1. The van der Waals surface area contributed by atoms with Crippen LogP contribution in [-0.2, 0) is 9.53 Å². The largest absolute Gasteiger partial charge is 0.411 e. The van der Waals surface area contributed by atoms with Crippen molar-refractivity contribution in [2.45, 2.75) is 19.1 Å². The lowest BCUT2D eigenvalue weighted by atomic mass is 10.2. The summed E-state index contributed by atoms with van der Waals surface area (Å²) in [6.07, 6.45) is 0. The molecule has 0 bridgehead atoms. The number of hydrogen-bond donors (Lipinski definition) is 0. The molecule has 2 aromatic rings. The maximum atomic E-state index is 12.4. The van der Waals surface area contributed by atoms with Crippen LogP contribution < -0.4 is 0 Å². The first-order valence-electron chi connectivity index (χ1n) is 7.98. The van der Waals surface area contributed by atoms with Crippen molar-refractivity contribution in [3.05, 3.63) is 29.3 Å². The Morgan fingerprint density at radius 1 is 1.32 bits per heavy atom. The van der Waals surface area contributed by atoms with Crippen molar-refractivity contribution in [3.8, 4) is 11.5 Å². The first-order valence-corrected chi connectivity index (χ1v) is 9.35. The fourth-order valence-corrected chi connectivity index (χ4v) is 2.94. The molecule has 0 spiro atoms. The second kappa shape index (κ2) is 9.79. The Balaban J connectivity index is 1.93. The molecule has 0 aliphatic heterocycles. The van der Waals surface area contributed by atoms with Gasteiger partial charge in [-0.2, -0.15) is 0 Å². The zero-order valence-electron chi connectivity index (χ0n) is 14.6. The smallest absolute Gasteiger partial charge is 0.277 e. The van der Waals surface area contributed by atoms with Crippen LogP contribution in [0.15, 0.2) is 33.9 Å². The number of carbonyl (C=O) groups is 1. The van der Waals surface area contributed by atoms with Crippen molar-refractivity contribution >= 4 is 29.3 Å². The Kier molecular flexibility index (Phi) is 7.74. The van der Waals surface area contributed by atoms with Crippen molar-refractivity contribution in [1.82, 2.24) is 15.1 Å². The number of halogens is 1. The molecule has 1 heterocycles. The van der Waals surface area contributed by atoms with Gasteiger partial charge in [-0.3, -0.25) is 4.79 Å². The van der Waals surface area contributed by atoms with E-state index in [1.165, 1.54) is 11.8 Å². The second-order valence-corrected chi connectivity index (χ2v) is 7.26. The first-order chi connectivity index (χ1) is 12.0. The Hall–Kier alpha value is -1.57. The summed E-state index contributed by atoms with van der Waals surface area (Å²) in [5.41, 5.74) is 0.789. The van der Waals surface area contributed by atoms with Crippen LogP contribution in [0.25, 0.3) is 11.5 Å². The summed E-state index contributed by atoms with van der Waals surface area (Å²) >= 11 is 7.11. The Morgan fingerprint density at radius 2 is 2.04 bits per heavy atom. The summed E-state index contributed by atoms with van der Waals surface area (Å²) in [6, 6.07) is 7.14. The van der Waals surface area contributed by atoms with Crippen LogP contribution in [0.5, 0.6) is 0 Å². The van der Waals surface area contributed by atoms with Crippen LogP contribution in [0.3, 0.4) is 0 Å². The molecule has 25 heavy (non-hydrogen) atoms. The maximum absolute atomic E-state index is 12.4. The van der Waals surface area contributed by atoms with Crippen LogP contribution in [0.2, 0.25) is 5.02 Å².